The molecule has 2 aromatic carbocycles. The minimum atomic E-state index is -0.926. The lowest BCUT2D eigenvalue weighted by atomic mass is 10.0. The van der Waals surface area contributed by atoms with Gasteiger partial charge in [-0.1, -0.05) is 30.3 Å². The number of hydrogen-bond donors (Lipinski definition) is 2. The van der Waals surface area contributed by atoms with Crippen molar-refractivity contribution in [3.8, 4) is 28.4 Å². The number of carboxylic acid groups (broad SMARTS) is 1. The summed E-state index contributed by atoms with van der Waals surface area (Å²) in [6, 6.07) is 10.5. The zero-order chi connectivity index (χ0) is 24.0. The molecule has 0 atom stereocenters. The summed E-state index contributed by atoms with van der Waals surface area (Å²) in [6.07, 6.45) is 1.50. The SMILES string of the molecule is COc1ccc(CC(=O)Nc2nc(C)ncc2-c2cccc(CC(=O)O)c2)c(OC)c1OC. The van der Waals surface area contributed by atoms with Crippen LogP contribution in [0.2, 0.25) is 0 Å². The molecule has 9 heteroatoms. The van der Waals surface area contributed by atoms with Gasteiger partial charge in [0.15, 0.2) is 11.5 Å². The first kappa shape index (κ1) is 23.5. The summed E-state index contributed by atoms with van der Waals surface area (Å²) in [5, 5.41) is 11.9. The number of aliphatic carboxylic acids is 1. The van der Waals surface area contributed by atoms with Crippen molar-refractivity contribution in [3.63, 3.8) is 0 Å². The first-order chi connectivity index (χ1) is 15.9. The third kappa shape index (κ3) is 5.57. The highest BCUT2D eigenvalue weighted by atomic mass is 16.5. The Kier molecular flexibility index (Phi) is 7.45. The summed E-state index contributed by atoms with van der Waals surface area (Å²) in [5.74, 6) is 0.880. The number of nitrogens with zero attached hydrogens (tertiary/aromatic N) is 2. The van der Waals surface area contributed by atoms with Crippen LogP contribution >= 0.6 is 0 Å². The van der Waals surface area contributed by atoms with Crippen LogP contribution < -0.4 is 19.5 Å². The van der Waals surface area contributed by atoms with Crippen LogP contribution in [0.25, 0.3) is 11.1 Å². The van der Waals surface area contributed by atoms with Crippen molar-refractivity contribution in [2.24, 2.45) is 0 Å². The number of aryl methyl sites for hydroxylation is 1. The number of aromatic nitrogens is 2. The van der Waals surface area contributed by atoms with Gasteiger partial charge in [-0.3, -0.25) is 9.59 Å². The van der Waals surface area contributed by atoms with Gasteiger partial charge in [-0.05, 0) is 24.1 Å². The molecule has 0 aliphatic carbocycles. The fraction of sp³-hybridized carbons (Fsp3) is 0.250. The minimum absolute atomic E-state index is 0.00503. The van der Waals surface area contributed by atoms with Crippen LogP contribution in [0, 0.1) is 6.92 Å². The van der Waals surface area contributed by atoms with Gasteiger partial charge in [-0.2, -0.15) is 0 Å². The molecule has 0 unspecified atom stereocenters. The van der Waals surface area contributed by atoms with Crippen LogP contribution in [-0.4, -0.2) is 48.3 Å². The van der Waals surface area contributed by atoms with Crippen molar-refractivity contribution in [1.29, 1.82) is 0 Å². The molecule has 1 aromatic heterocycles. The number of carbonyl (C=O) groups is 2. The van der Waals surface area contributed by atoms with Gasteiger partial charge in [0.05, 0.1) is 34.2 Å². The van der Waals surface area contributed by atoms with Gasteiger partial charge in [0, 0.05) is 17.3 Å². The van der Waals surface area contributed by atoms with E-state index in [1.54, 1.807) is 43.5 Å². The van der Waals surface area contributed by atoms with Crippen LogP contribution in [-0.2, 0) is 22.4 Å². The minimum Gasteiger partial charge on any atom is -0.493 e. The summed E-state index contributed by atoms with van der Waals surface area (Å²) in [7, 11) is 4.52. The monoisotopic (exact) mass is 451 g/mol. The molecule has 2 N–H and O–H groups in total. The third-order valence-corrected chi connectivity index (χ3v) is 4.90. The molecule has 33 heavy (non-hydrogen) atoms. The zero-order valence-electron chi connectivity index (χ0n) is 18.8. The number of amides is 1. The van der Waals surface area contributed by atoms with E-state index in [0.29, 0.717) is 51.1 Å². The van der Waals surface area contributed by atoms with Crippen LogP contribution in [0.3, 0.4) is 0 Å². The number of carboxylic acids is 1. The number of anilines is 1. The molecule has 1 amide bonds. The smallest absolute Gasteiger partial charge is 0.307 e. The molecule has 3 rings (SSSR count). The number of hydrogen-bond acceptors (Lipinski definition) is 7. The van der Waals surface area contributed by atoms with Crippen LogP contribution in [0.5, 0.6) is 17.2 Å². The van der Waals surface area contributed by atoms with Gasteiger partial charge in [0.1, 0.15) is 11.6 Å². The molecular formula is C24H25N3O6. The van der Waals surface area contributed by atoms with E-state index >= 15 is 0 Å². The molecule has 0 aliphatic rings. The van der Waals surface area contributed by atoms with Crippen molar-refractivity contribution < 1.29 is 28.9 Å². The largest absolute Gasteiger partial charge is 0.493 e. The van der Waals surface area contributed by atoms with Crippen molar-refractivity contribution in [2.75, 3.05) is 26.6 Å². The second-order valence-electron chi connectivity index (χ2n) is 7.17. The van der Waals surface area contributed by atoms with Crippen molar-refractivity contribution in [3.05, 3.63) is 59.5 Å². The highest BCUT2D eigenvalue weighted by molar-refractivity contribution is 5.95. The average Bonchev–Trinajstić information content (AvgIpc) is 2.78. The highest BCUT2D eigenvalue weighted by Gasteiger charge is 2.19. The quantitative estimate of drug-likeness (QED) is 0.509. The lowest BCUT2D eigenvalue weighted by Crippen LogP contribution is -2.17. The Morgan fingerprint density at radius 1 is 1.00 bits per heavy atom. The van der Waals surface area contributed by atoms with Crippen molar-refractivity contribution in [1.82, 2.24) is 9.97 Å². The second kappa shape index (κ2) is 10.4. The summed E-state index contributed by atoms with van der Waals surface area (Å²) in [6.45, 7) is 1.72. The lowest BCUT2D eigenvalue weighted by molar-refractivity contribution is -0.136. The molecule has 0 radical (unpaired) electrons. The van der Waals surface area contributed by atoms with E-state index in [1.807, 2.05) is 6.07 Å². The standard InChI is InChI=1S/C24H25N3O6/c1-14-25-13-18(16-7-5-6-15(10-16)11-21(29)30)24(26-14)27-20(28)12-17-8-9-19(31-2)23(33-4)22(17)32-3/h5-10,13H,11-12H2,1-4H3,(H,29,30)(H,25,26,27,28). The fourth-order valence-electron chi connectivity index (χ4n) is 3.45. The Bertz CT molecular complexity index is 1180. The summed E-state index contributed by atoms with van der Waals surface area (Å²) in [4.78, 5) is 32.6. The Labute approximate surface area is 191 Å². The molecule has 0 saturated heterocycles. The predicted octanol–water partition coefficient (Wildman–Crippen LogP) is 3.29. The van der Waals surface area contributed by atoms with E-state index in [-0.39, 0.29) is 18.7 Å². The van der Waals surface area contributed by atoms with Gasteiger partial charge in [-0.15, -0.1) is 0 Å². The zero-order valence-corrected chi connectivity index (χ0v) is 18.8. The number of ether oxygens (including phenoxy) is 3. The third-order valence-electron chi connectivity index (χ3n) is 4.90. The summed E-state index contributed by atoms with van der Waals surface area (Å²) in [5.41, 5.74) is 2.53. The van der Waals surface area contributed by atoms with Crippen molar-refractivity contribution >= 4 is 17.7 Å². The van der Waals surface area contributed by atoms with E-state index in [9.17, 15) is 9.59 Å². The Morgan fingerprint density at radius 2 is 1.76 bits per heavy atom. The normalized spacial score (nSPS) is 10.4. The fourth-order valence-corrected chi connectivity index (χ4v) is 3.45. The van der Waals surface area contributed by atoms with Gasteiger partial charge in [0.25, 0.3) is 0 Å². The van der Waals surface area contributed by atoms with Gasteiger partial charge in [0.2, 0.25) is 11.7 Å². The first-order valence-corrected chi connectivity index (χ1v) is 10.1. The Morgan fingerprint density at radius 3 is 2.42 bits per heavy atom. The Hall–Kier alpha value is -4.14. The maximum absolute atomic E-state index is 12.9. The van der Waals surface area contributed by atoms with Crippen LogP contribution in [0.1, 0.15) is 17.0 Å². The van der Waals surface area contributed by atoms with Crippen LogP contribution in [0.4, 0.5) is 5.82 Å². The molecule has 1 heterocycles. The van der Waals surface area contributed by atoms with Gasteiger partial charge >= 0.3 is 5.97 Å². The van der Waals surface area contributed by atoms with Gasteiger partial charge in [-0.25, -0.2) is 9.97 Å². The molecule has 0 fully saturated rings. The molecule has 0 aliphatic heterocycles. The van der Waals surface area contributed by atoms with E-state index in [0.717, 1.165) is 0 Å². The number of rotatable bonds is 9. The van der Waals surface area contributed by atoms with E-state index in [4.69, 9.17) is 19.3 Å². The lowest BCUT2D eigenvalue weighted by Gasteiger charge is -2.16. The van der Waals surface area contributed by atoms with Crippen LogP contribution in [0.15, 0.2) is 42.6 Å². The molecular weight excluding hydrogens is 426 g/mol. The molecule has 0 spiro atoms. The number of nitrogens with one attached hydrogen (secondary N) is 1. The molecule has 0 saturated carbocycles. The summed E-state index contributed by atoms with van der Waals surface area (Å²) >= 11 is 0. The average molecular weight is 451 g/mol. The second-order valence-corrected chi connectivity index (χ2v) is 7.17. The van der Waals surface area contributed by atoms with Gasteiger partial charge < -0.3 is 24.6 Å². The summed E-state index contributed by atoms with van der Waals surface area (Å²) < 4.78 is 16.1. The maximum Gasteiger partial charge on any atom is 0.307 e. The topological polar surface area (TPSA) is 120 Å². The number of benzene rings is 2. The van der Waals surface area contributed by atoms with E-state index < -0.39 is 5.97 Å². The van der Waals surface area contributed by atoms with E-state index in [1.165, 1.54) is 21.3 Å². The predicted molar refractivity (Wildman–Crippen MR) is 122 cm³/mol. The first-order valence-electron chi connectivity index (χ1n) is 10.1. The highest BCUT2D eigenvalue weighted by Crippen LogP contribution is 2.40. The molecule has 172 valence electrons. The maximum atomic E-state index is 12.9. The van der Waals surface area contributed by atoms with E-state index in [2.05, 4.69) is 15.3 Å². The molecule has 0 bridgehead atoms. The number of carbonyl (C=O) groups excluding carboxylic acids is 1. The number of methoxy groups -OCH3 is 3. The molecule has 9 nitrogen and oxygen atoms in total. The van der Waals surface area contributed by atoms with Crippen molar-refractivity contribution in [2.45, 2.75) is 19.8 Å². The Balaban J connectivity index is 1.90. The molecule has 3 aromatic rings.